The number of hydrogen-bond donors (Lipinski definition) is 3. The highest BCUT2D eigenvalue weighted by molar-refractivity contribution is 6.12. The summed E-state index contributed by atoms with van der Waals surface area (Å²) in [5.41, 5.74) is 9.32. The fourth-order valence-corrected chi connectivity index (χ4v) is 4.28. The molecule has 0 aromatic carbocycles. The van der Waals surface area contributed by atoms with Gasteiger partial charge in [-0.25, -0.2) is 9.50 Å². The molecule has 1 unspecified atom stereocenters. The maximum Gasteiger partial charge on any atom is 0.263 e. The van der Waals surface area contributed by atoms with Gasteiger partial charge in [0.2, 0.25) is 0 Å². The molecule has 11 nitrogen and oxygen atoms in total. The van der Waals surface area contributed by atoms with Crippen LogP contribution in [0.3, 0.4) is 0 Å². The van der Waals surface area contributed by atoms with E-state index in [2.05, 4.69) is 35.5 Å². The fraction of sp³-hybridized carbons (Fsp3) is 0.455. The van der Waals surface area contributed by atoms with E-state index in [-0.39, 0.29) is 23.3 Å². The number of piperazine rings is 1. The number of nitrogen functional groups attached to an aromatic ring is 1. The molecule has 33 heavy (non-hydrogen) atoms. The number of fused-ring (bicyclic) bond motifs is 1. The minimum atomic E-state index is -0.357. The van der Waals surface area contributed by atoms with Crippen LogP contribution in [0.25, 0.3) is 5.65 Å². The third-order valence-electron chi connectivity index (χ3n) is 6.52. The number of carbonyl (C=O) groups is 1. The zero-order valence-electron chi connectivity index (χ0n) is 18.9. The van der Waals surface area contributed by atoms with E-state index < -0.39 is 0 Å². The molecule has 0 saturated carbocycles. The molecule has 0 bridgehead atoms. The molecule has 5 heterocycles. The number of rotatable bonds is 6. The monoisotopic (exact) mass is 451 g/mol. The maximum absolute atomic E-state index is 13.2. The normalized spacial score (nSPS) is 18.3. The van der Waals surface area contributed by atoms with Crippen molar-refractivity contribution in [2.45, 2.75) is 19.0 Å². The average Bonchev–Trinajstić information content (AvgIpc) is 3.13. The number of anilines is 3. The molecule has 2 fully saturated rings. The lowest BCUT2D eigenvalue weighted by Crippen LogP contribution is -2.56. The quantitative estimate of drug-likeness (QED) is 0.498. The third kappa shape index (κ3) is 4.10. The standard InChI is InChI=1S/C22H29N9O2/c1-14(24-2)15-9-26-21-19(20(23)28-31(21)11-15)22(32)27-17-10-25-4-3-18(17)30-7-5-29(6-8-30)16-12-33-13-16/h3-4,9-11,14,16,24H,5-8,12-13H2,1-2H3,(H2,23,28)(H,27,32). The van der Waals surface area contributed by atoms with Gasteiger partial charge in [0, 0.05) is 56.4 Å². The van der Waals surface area contributed by atoms with E-state index in [1.165, 1.54) is 0 Å². The predicted octanol–water partition coefficient (Wildman–Crippen LogP) is 0.760. The van der Waals surface area contributed by atoms with E-state index >= 15 is 0 Å². The van der Waals surface area contributed by atoms with Crippen LogP contribution in [0.5, 0.6) is 0 Å². The van der Waals surface area contributed by atoms with Gasteiger partial charge in [0.15, 0.2) is 11.5 Å². The van der Waals surface area contributed by atoms with Gasteiger partial charge in [-0.15, -0.1) is 5.10 Å². The van der Waals surface area contributed by atoms with Crippen LogP contribution in [0.4, 0.5) is 17.2 Å². The van der Waals surface area contributed by atoms with Crippen molar-refractivity contribution in [1.82, 2.24) is 29.8 Å². The Morgan fingerprint density at radius 3 is 2.73 bits per heavy atom. The molecule has 1 atom stereocenters. The molecular weight excluding hydrogens is 422 g/mol. The SMILES string of the molecule is CNC(C)c1cnc2c(C(=O)Nc3cnccc3N3CCN(C4COC4)CC3)c(N)nn2c1. The molecule has 1 amide bonds. The zero-order valence-corrected chi connectivity index (χ0v) is 18.9. The lowest BCUT2D eigenvalue weighted by Gasteiger charge is -2.43. The average molecular weight is 452 g/mol. The number of pyridine rings is 1. The number of nitrogens with zero attached hydrogens (tertiary/aromatic N) is 6. The summed E-state index contributed by atoms with van der Waals surface area (Å²) in [5.74, 6) is -0.222. The Kier molecular flexibility index (Phi) is 5.83. The summed E-state index contributed by atoms with van der Waals surface area (Å²) in [6.45, 7) is 7.33. The first-order valence-electron chi connectivity index (χ1n) is 11.2. The summed E-state index contributed by atoms with van der Waals surface area (Å²) in [7, 11) is 1.87. The first kappa shape index (κ1) is 21.6. The van der Waals surface area contributed by atoms with Crippen molar-refractivity contribution in [1.29, 1.82) is 0 Å². The van der Waals surface area contributed by atoms with Crippen LogP contribution in [0.2, 0.25) is 0 Å². The van der Waals surface area contributed by atoms with E-state index in [9.17, 15) is 4.79 Å². The van der Waals surface area contributed by atoms with Crippen molar-refractivity contribution in [3.05, 3.63) is 42.0 Å². The molecule has 0 spiro atoms. The van der Waals surface area contributed by atoms with Gasteiger partial charge >= 0.3 is 0 Å². The molecule has 0 radical (unpaired) electrons. The number of nitrogens with two attached hydrogens (primary N) is 1. The minimum Gasteiger partial charge on any atom is -0.381 e. The third-order valence-corrected chi connectivity index (χ3v) is 6.52. The molecule has 2 aliphatic heterocycles. The van der Waals surface area contributed by atoms with E-state index in [1.807, 2.05) is 26.2 Å². The highest BCUT2D eigenvalue weighted by Crippen LogP contribution is 2.28. The Balaban J connectivity index is 1.35. The fourth-order valence-electron chi connectivity index (χ4n) is 4.28. The molecule has 3 aromatic rings. The second-order valence-corrected chi connectivity index (χ2v) is 8.49. The largest absolute Gasteiger partial charge is 0.381 e. The predicted molar refractivity (Wildman–Crippen MR) is 125 cm³/mol. The smallest absolute Gasteiger partial charge is 0.263 e. The molecule has 0 aliphatic carbocycles. The Morgan fingerprint density at radius 1 is 1.24 bits per heavy atom. The Morgan fingerprint density at radius 2 is 2.03 bits per heavy atom. The van der Waals surface area contributed by atoms with Gasteiger partial charge in [0.05, 0.1) is 36.8 Å². The number of hydrogen-bond acceptors (Lipinski definition) is 9. The summed E-state index contributed by atoms with van der Waals surface area (Å²) in [6, 6.07) is 2.56. The molecule has 2 saturated heterocycles. The van der Waals surface area contributed by atoms with Gasteiger partial charge < -0.3 is 26.0 Å². The van der Waals surface area contributed by atoms with Crippen molar-refractivity contribution < 1.29 is 9.53 Å². The van der Waals surface area contributed by atoms with Crippen LogP contribution in [0.15, 0.2) is 30.9 Å². The van der Waals surface area contributed by atoms with Crippen LogP contribution >= 0.6 is 0 Å². The molecule has 174 valence electrons. The molecule has 5 rings (SSSR count). The number of ether oxygens (including phenoxy) is 1. The Hall–Kier alpha value is -3.28. The van der Waals surface area contributed by atoms with Crippen molar-refractivity contribution in [2.75, 3.05) is 62.4 Å². The van der Waals surface area contributed by atoms with Gasteiger partial charge in [-0.3, -0.25) is 14.7 Å². The Bertz CT molecular complexity index is 1150. The van der Waals surface area contributed by atoms with Crippen molar-refractivity contribution in [3.63, 3.8) is 0 Å². The van der Waals surface area contributed by atoms with Crippen LogP contribution in [-0.4, -0.2) is 82.9 Å². The first-order valence-corrected chi connectivity index (χ1v) is 11.2. The van der Waals surface area contributed by atoms with E-state index in [1.54, 1.807) is 23.1 Å². The summed E-state index contributed by atoms with van der Waals surface area (Å²) in [4.78, 5) is 26.7. The number of carbonyl (C=O) groups excluding carboxylic acids is 1. The number of nitrogens with one attached hydrogen (secondary N) is 2. The second-order valence-electron chi connectivity index (χ2n) is 8.49. The van der Waals surface area contributed by atoms with E-state index in [4.69, 9.17) is 10.5 Å². The number of aromatic nitrogens is 4. The van der Waals surface area contributed by atoms with E-state index in [0.717, 1.165) is 50.6 Å². The van der Waals surface area contributed by atoms with E-state index in [0.29, 0.717) is 17.4 Å². The van der Waals surface area contributed by atoms with Gasteiger partial charge in [-0.05, 0) is 20.0 Å². The van der Waals surface area contributed by atoms with Crippen molar-refractivity contribution in [3.8, 4) is 0 Å². The second kappa shape index (κ2) is 8.93. The lowest BCUT2D eigenvalue weighted by atomic mass is 10.1. The highest BCUT2D eigenvalue weighted by Gasteiger charge is 2.30. The highest BCUT2D eigenvalue weighted by atomic mass is 16.5. The van der Waals surface area contributed by atoms with Gasteiger partial charge in [-0.2, -0.15) is 0 Å². The van der Waals surface area contributed by atoms with Crippen LogP contribution in [0.1, 0.15) is 28.9 Å². The van der Waals surface area contributed by atoms with Crippen LogP contribution in [-0.2, 0) is 4.74 Å². The number of amides is 1. The first-order chi connectivity index (χ1) is 16.0. The lowest BCUT2D eigenvalue weighted by molar-refractivity contribution is -0.0660. The molecular formula is C22H29N9O2. The molecule has 11 heteroatoms. The topological polar surface area (TPSA) is 126 Å². The van der Waals surface area contributed by atoms with Crippen molar-refractivity contribution >= 4 is 28.7 Å². The van der Waals surface area contributed by atoms with Gasteiger partial charge in [-0.1, -0.05) is 0 Å². The van der Waals surface area contributed by atoms with Crippen LogP contribution in [0, 0.1) is 0 Å². The zero-order chi connectivity index (χ0) is 22.9. The molecule has 3 aromatic heterocycles. The van der Waals surface area contributed by atoms with Gasteiger partial charge in [0.25, 0.3) is 5.91 Å². The summed E-state index contributed by atoms with van der Waals surface area (Å²) < 4.78 is 6.88. The minimum absolute atomic E-state index is 0.0971. The van der Waals surface area contributed by atoms with Crippen molar-refractivity contribution in [2.24, 2.45) is 0 Å². The molecule has 4 N–H and O–H groups in total. The summed E-state index contributed by atoms with van der Waals surface area (Å²) in [6.07, 6.45) is 6.98. The van der Waals surface area contributed by atoms with Gasteiger partial charge in [0.1, 0.15) is 5.56 Å². The molecule has 2 aliphatic rings. The maximum atomic E-state index is 13.2. The summed E-state index contributed by atoms with van der Waals surface area (Å²) in [5, 5.41) is 10.5. The van der Waals surface area contributed by atoms with Crippen LogP contribution < -0.4 is 21.3 Å². The summed E-state index contributed by atoms with van der Waals surface area (Å²) >= 11 is 0. The Labute approximate surface area is 191 Å².